The van der Waals surface area contributed by atoms with Crippen LogP contribution >= 0.6 is 0 Å². The van der Waals surface area contributed by atoms with Gasteiger partial charge in [0.1, 0.15) is 12.4 Å². The van der Waals surface area contributed by atoms with Gasteiger partial charge in [-0.15, -0.1) is 0 Å². The molecule has 0 saturated carbocycles. The maximum atomic E-state index is 13.8. The van der Waals surface area contributed by atoms with Gasteiger partial charge in [-0.2, -0.15) is 0 Å². The topological polar surface area (TPSA) is 33.7 Å². The summed E-state index contributed by atoms with van der Waals surface area (Å²) in [5, 5.41) is 3.53. The Hall–Kier alpha value is -2.11. The number of ether oxygens (including phenoxy) is 2. The van der Waals surface area contributed by atoms with Crippen LogP contribution < -0.4 is 14.8 Å². The van der Waals surface area contributed by atoms with Gasteiger partial charge >= 0.3 is 0 Å². The average Bonchev–Trinajstić information content (AvgIpc) is 2.79. The van der Waals surface area contributed by atoms with Crippen LogP contribution in [-0.4, -0.2) is 38.2 Å². The first-order valence-electron chi connectivity index (χ1n) is 11.6. The maximum absolute atomic E-state index is 13.8. The highest BCUT2D eigenvalue weighted by atomic mass is 19.1. The molecule has 2 aromatic carbocycles. The fourth-order valence-corrected chi connectivity index (χ4v) is 3.47. The van der Waals surface area contributed by atoms with E-state index < -0.39 is 0 Å². The smallest absolute Gasteiger partial charge is 0.161 e. The monoisotopic (exact) mass is 430 g/mol. The first-order chi connectivity index (χ1) is 15.2. The molecule has 2 rings (SSSR count). The van der Waals surface area contributed by atoms with Crippen LogP contribution in [0, 0.1) is 5.82 Å². The predicted molar refractivity (Wildman–Crippen MR) is 126 cm³/mol. The van der Waals surface area contributed by atoms with E-state index in [-0.39, 0.29) is 12.4 Å². The van der Waals surface area contributed by atoms with E-state index in [1.807, 2.05) is 18.2 Å². The van der Waals surface area contributed by atoms with Gasteiger partial charge in [0.15, 0.2) is 11.5 Å². The summed E-state index contributed by atoms with van der Waals surface area (Å²) in [5.74, 6) is 1.03. The van der Waals surface area contributed by atoms with Crippen molar-refractivity contribution in [1.82, 2.24) is 10.2 Å². The molecular formula is C26H39FN2O2. The molecule has 2 aromatic rings. The molecule has 172 valence electrons. The Balaban J connectivity index is 1.77. The number of nitrogens with one attached hydrogen (secondary N) is 1. The van der Waals surface area contributed by atoms with Crippen molar-refractivity contribution in [3.63, 3.8) is 0 Å². The van der Waals surface area contributed by atoms with E-state index in [0.717, 1.165) is 31.6 Å². The number of benzene rings is 2. The summed E-state index contributed by atoms with van der Waals surface area (Å²) in [6.45, 7) is 10.0. The van der Waals surface area contributed by atoms with Gasteiger partial charge in [0.25, 0.3) is 0 Å². The van der Waals surface area contributed by atoms with Crippen LogP contribution in [0.1, 0.15) is 57.1 Å². The van der Waals surface area contributed by atoms with Crippen LogP contribution in [0.5, 0.6) is 11.5 Å². The molecule has 1 N–H and O–H groups in total. The molecule has 4 nitrogen and oxygen atoms in total. The van der Waals surface area contributed by atoms with Gasteiger partial charge in [-0.25, -0.2) is 4.39 Å². The van der Waals surface area contributed by atoms with Crippen molar-refractivity contribution in [3.05, 3.63) is 59.4 Å². The highest BCUT2D eigenvalue weighted by molar-refractivity contribution is 5.43. The lowest BCUT2D eigenvalue weighted by Gasteiger charge is -2.22. The quantitative estimate of drug-likeness (QED) is 0.342. The Kier molecular flexibility index (Phi) is 12.0. The molecule has 0 radical (unpaired) electrons. The number of unbranched alkanes of at least 4 members (excludes halogenated alkanes) is 2. The molecule has 0 amide bonds. The molecular weight excluding hydrogens is 391 g/mol. The molecule has 0 spiro atoms. The van der Waals surface area contributed by atoms with Crippen LogP contribution in [-0.2, 0) is 13.2 Å². The lowest BCUT2D eigenvalue weighted by molar-refractivity contribution is 0.261. The summed E-state index contributed by atoms with van der Waals surface area (Å²) < 4.78 is 25.1. The molecule has 0 aliphatic carbocycles. The van der Waals surface area contributed by atoms with Crippen molar-refractivity contribution >= 4 is 0 Å². The lowest BCUT2D eigenvalue weighted by atomic mass is 10.2. The van der Waals surface area contributed by atoms with Gasteiger partial charge in [-0.05, 0) is 69.2 Å². The van der Waals surface area contributed by atoms with Gasteiger partial charge < -0.3 is 19.7 Å². The van der Waals surface area contributed by atoms with Crippen LogP contribution in [0.25, 0.3) is 0 Å². The van der Waals surface area contributed by atoms with Crippen LogP contribution in [0.2, 0.25) is 0 Å². The fourth-order valence-electron chi connectivity index (χ4n) is 3.47. The Labute approximate surface area is 187 Å². The van der Waals surface area contributed by atoms with Gasteiger partial charge in [0, 0.05) is 12.1 Å². The van der Waals surface area contributed by atoms with Gasteiger partial charge in [-0.3, -0.25) is 0 Å². The molecule has 0 aromatic heterocycles. The van der Waals surface area contributed by atoms with Crippen molar-refractivity contribution in [3.8, 4) is 11.5 Å². The van der Waals surface area contributed by atoms with Crippen LogP contribution in [0.4, 0.5) is 4.39 Å². The van der Waals surface area contributed by atoms with Crippen LogP contribution in [0.15, 0.2) is 42.5 Å². The largest absolute Gasteiger partial charge is 0.493 e. The Morgan fingerprint density at radius 2 is 1.61 bits per heavy atom. The second-order valence-corrected chi connectivity index (χ2v) is 7.94. The highest BCUT2D eigenvalue weighted by Crippen LogP contribution is 2.29. The molecule has 0 heterocycles. The standard InChI is InChI=1S/C26H39FN2O2/c1-4-6-16-29(17-7-5-2)18-10-15-28-20-22-13-14-25(26(19-22)30-3)31-21-23-11-8-9-12-24(23)27/h8-9,11-14,19,28H,4-7,10,15-18,20-21H2,1-3H3. The molecule has 0 bridgehead atoms. The molecule has 0 unspecified atom stereocenters. The van der Waals surface area contributed by atoms with E-state index in [1.165, 1.54) is 44.8 Å². The number of nitrogens with zero attached hydrogens (tertiary/aromatic N) is 1. The van der Waals surface area contributed by atoms with Crippen molar-refractivity contribution in [2.75, 3.05) is 33.3 Å². The van der Waals surface area contributed by atoms with Crippen molar-refractivity contribution < 1.29 is 13.9 Å². The summed E-state index contributed by atoms with van der Waals surface area (Å²) >= 11 is 0. The minimum atomic E-state index is -0.259. The minimum absolute atomic E-state index is 0.174. The van der Waals surface area contributed by atoms with Gasteiger partial charge in [-0.1, -0.05) is 51.0 Å². The van der Waals surface area contributed by atoms with E-state index in [1.54, 1.807) is 25.3 Å². The summed E-state index contributed by atoms with van der Waals surface area (Å²) in [6, 6.07) is 12.6. The van der Waals surface area contributed by atoms with E-state index in [9.17, 15) is 4.39 Å². The van der Waals surface area contributed by atoms with E-state index in [4.69, 9.17) is 9.47 Å². The maximum Gasteiger partial charge on any atom is 0.161 e. The molecule has 0 fully saturated rings. The first kappa shape index (κ1) is 25.2. The van der Waals surface area contributed by atoms with Gasteiger partial charge in [0.2, 0.25) is 0 Å². The highest BCUT2D eigenvalue weighted by Gasteiger charge is 2.08. The minimum Gasteiger partial charge on any atom is -0.493 e. The SMILES string of the molecule is CCCCN(CCCC)CCCNCc1ccc(OCc2ccccc2F)c(OC)c1. The van der Waals surface area contributed by atoms with Crippen LogP contribution in [0.3, 0.4) is 0 Å². The van der Waals surface area contributed by atoms with Gasteiger partial charge in [0.05, 0.1) is 7.11 Å². The Morgan fingerprint density at radius 3 is 2.29 bits per heavy atom. The molecule has 0 atom stereocenters. The summed E-state index contributed by atoms with van der Waals surface area (Å²) in [7, 11) is 1.63. The molecule has 31 heavy (non-hydrogen) atoms. The lowest BCUT2D eigenvalue weighted by Crippen LogP contribution is -2.29. The van der Waals surface area contributed by atoms with Crippen molar-refractivity contribution in [2.45, 2.75) is 59.1 Å². The van der Waals surface area contributed by atoms with Crippen molar-refractivity contribution in [1.29, 1.82) is 0 Å². The number of rotatable bonds is 16. The number of halogens is 1. The summed E-state index contributed by atoms with van der Waals surface area (Å²) in [4.78, 5) is 2.60. The Bertz CT molecular complexity index is 746. The molecule has 5 heteroatoms. The zero-order valence-corrected chi connectivity index (χ0v) is 19.5. The summed E-state index contributed by atoms with van der Waals surface area (Å²) in [5.41, 5.74) is 1.67. The first-order valence-corrected chi connectivity index (χ1v) is 11.6. The average molecular weight is 431 g/mol. The normalized spacial score (nSPS) is 11.1. The third-order valence-corrected chi connectivity index (χ3v) is 5.38. The third-order valence-electron chi connectivity index (χ3n) is 5.38. The zero-order chi connectivity index (χ0) is 22.3. The molecule has 0 saturated heterocycles. The van der Waals surface area contributed by atoms with E-state index in [0.29, 0.717) is 17.1 Å². The van der Waals surface area contributed by atoms with Crippen molar-refractivity contribution in [2.24, 2.45) is 0 Å². The fraction of sp³-hybridized carbons (Fsp3) is 0.538. The number of hydrogen-bond donors (Lipinski definition) is 1. The zero-order valence-electron chi connectivity index (χ0n) is 19.5. The number of hydrogen-bond acceptors (Lipinski definition) is 4. The predicted octanol–water partition coefficient (Wildman–Crippen LogP) is 5.80. The van der Waals surface area contributed by atoms with E-state index in [2.05, 4.69) is 24.1 Å². The van der Waals surface area contributed by atoms with E-state index >= 15 is 0 Å². The third kappa shape index (κ3) is 9.28. The summed E-state index contributed by atoms with van der Waals surface area (Å²) in [6.07, 6.45) is 6.21. The Morgan fingerprint density at radius 1 is 0.903 bits per heavy atom. The molecule has 0 aliphatic heterocycles. The molecule has 0 aliphatic rings. The second kappa shape index (κ2) is 14.8. The number of methoxy groups -OCH3 is 1. The second-order valence-electron chi connectivity index (χ2n) is 7.94.